The number of aromatic hydroxyl groups is 1. The van der Waals surface area contributed by atoms with E-state index in [2.05, 4.69) is 10.1 Å². The third kappa shape index (κ3) is 3.04. The lowest BCUT2D eigenvalue weighted by Crippen LogP contribution is -2.27. The van der Waals surface area contributed by atoms with Gasteiger partial charge < -0.3 is 10.2 Å². The van der Waals surface area contributed by atoms with Crippen LogP contribution in [-0.4, -0.2) is 28.0 Å². The molecule has 1 heterocycles. The number of carbonyl (C=O) groups excluding carboxylic acids is 1. The van der Waals surface area contributed by atoms with Gasteiger partial charge in [-0.3, -0.25) is 9.79 Å². The Morgan fingerprint density at radius 3 is 2.67 bits per heavy atom. The Bertz CT molecular complexity index is 816. The van der Waals surface area contributed by atoms with Crippen molar-refractivity contribution in [3.8, 4) is 5.75 Å². The fourth-order valence-corrected chi connectivity index (χ4v) is 2.44. The van der Waals surface area contributed by atoms with E-state index >= 15 is 0 Å². The second-order valence-electron chi connectivity index (χ2n) is 5.46. The topological polar surface area (TPSA) is 85.5 Å². The van der Waals surface area contributed by atoms with Crippen molar-refractivity contribution in [3.05, 3.63) is 54.1 Å². The van der Waals surface area contributed by atoms with Crippen molar-refractivity contribution in [2.75, 3.05) is 5.01 Å². The number of benzene rings is 2. The lowest BCUT2D eigenvalue weighted by Gasteiger charge is -2.12. The first-order valence-corrected chi connectivity index (χ1v) is 7.51. The molecule has 0 bridgehead atoms. The van der Waals surface area contributed by atoms with E-state index in [1.165, 1.54) is 17.3 Å². The molecule has 1 atom stereocenters. The van der Waals surface area contributed by atoms with E-state index in [0.29, 0.717) is 22.6 Å². The molecule has 1 aliphatic heterocycles. The van der Waals surface area contributed by atoms with Gasteiger partial charge in [-0.15, -0.1) is 0 Å². The number of phenolic OH excluding ortho intramolecular Hbond substituents is 1. The molecule has 2 aromatic carbocycles. The highest BCUT2D eigenvalue weighted by Crippen LogP contribution is 2.28. The molecule has 1 amide bonds. The molecule has 6 heteroatoms. The van der Waals surface area contributed by atoms with Crippen LogP contribution in [0.5, 0.6) is 5.75 Å². The van der Waals surface area contributed by atoms with Gasteiger partial charge >= 0.3 is 0 Å². The van der Waals surface area contributed by atoms with Crippen LogP contribution in [0.2, 0.25) is 0 Å². The van der Waals surface area contributed by atoms with Gasteiger partial charge in [-0.2, -0.15) is 10.1 Å². The molecule has 0 fully saturated rings. The molecule has 0 spiro atoms. The predicted octanol–water partition coefficient (Wildman–Crippen LogP) is 2.63. The van der Waals surface area contributed by atoms with E-state index in [1.807, 2.05) is 30.3 Å². The monoisotopic (exact) mass is 323 g/mol. The van der Waals surface area contributed by atoms with Crippen molar-refractivity contribution >= 4 is 29.2 Å². The zero-order valence-electron chi connectivity index (χ0n) is 13.1. The zero-order chi connectivity index (χ0) is 17.1. The summed E-state index contributed by atoms with van der Waals surface area (Å²) in [6.07, 6.45) is 1.48. The minimum atomic E-state index is -0.567. The van der Waals surface area contributed by atoms with Crippen molar-refractivity contribution < 1.29 is 15.0 Å². The van der Waals surface area contributed by atoms with Crippen LogP contribution in [0.4, 0.5) is 11.4 Å². The quantitative estimate of drug-likeness (QED) is 0.848. The van der Waals surface area contributed by atoms with Crippen molar-refractivity contribution in [1.29, 1.82) is 0 Å². The summed E-state index contributed by atoms with van der Waals surface area (Å²) in [5.41, 5.74) is 2.27. The van der Waals surface area contributed by atoms with Crippen molar-refractivity contribution in [3.63, 3.8) is 0 Å². The number of hydrogen-bond acceptors (Lipinski definition) is 5. The normalized spacial score (nSPS) is 17.6. The molecule has 24 heavy (non-hydrogen) atoms. The first-order valence-electron chi connectivity index (χ1n) is 7.51. The fraction of sp³-hybridized carbons (Fsp3) is 0.167. The summed E-state index contributed by atoms with van der Waals surface area (Å²) in [7, 11) is 0. The van der Waals surface area contributed by atoms with Gasteiger partial charge in [-0.25, -0.2) is 0 Å². The molecule has 3 rings (SSSR count). The molecule has 6 nitrogen and oxygen atoms in total. The molecule has 1 aliphatic rings. The molecule has 0 saturated heterocycles. The van der Waals surface area contributed by atoms with Crippen LogP contribution in [0.25, 0.3) is 0 Å². The zero-order valence-corrected chi connectivity index (χ0v) is 13.1. The minimum absolute atomic E-state index is 0.0437. The van der Waals surface area contributed by atoms with Gasteiger partial charge in [0, 0.05) is 6.21 Å². The number of anilines is 1. The highest BCUT2D eigenvalue weighted by molar-refractivity contribution is 6.23. The molecule has 0 radical (unpaired) electrons. The van der Waals surface area contributed by atoms with E-state index in [9.17, 15) is 9.90 Å². The number of aliphatic hydroxyl groups excluding tert-OH is 1. The van der Waals surface area contributed by atoms with Crippen LogP contribution in [0.3, 0.4) is 0 Å². The molecule has 2 aromatic rings. The van der Waals surface area contributed by atoms with E-state index in [-0.39, 0.29) is 18.3 Å². The number of hydrogen-bond donors (Lipinski definition) is 2. The number of nitrogens with zero attached hydrogens (tertiary/aromatic N) is 3. The van der Waals surface area contributed by atoms with Crippen LogP contribution in [-0.2, 0) is 11.4 Å². The summed E-state index contributed by atoms with van der Waals surface area (Å²) in [5, 5.41) is 24.6. The van der Waals surface area contributed by atoms with Crippen LogP contribution >= 0.6 is 0 Å². The molecular weight excluding hydrogens is 306 g/mol. The average Bonchev–Trinajstić information content (AvgIpc) is 2.89. The minimum Gasteiger partial charge on any atom is -0.506 e. The van der Waals surface area contributed by atoms with E-state index in [0.717, 1.165) is 0 Å². The lowest BCUT2D eigenvalue weighted by atomic mass is 10.1. The third-order valence-electron chi connectivity index (χ3n) is 3.77. The first kappa shape index (κ1) is 15.9. The lowest BCUT2D eigenvalue weighted by molar-refractivity contribution is -0.118. The van der Waals surface area contributed by atoms with Crippen LogP contribution in [0.1, 0.15) is 12.5 Å². The van der Waals surface area contributed by atoms with Gasteiger partial charge in [-0.05, 0) is 36.8 Å². The summed E-state index contributed by atoms with van der Waals surface area (Å²) in [5.74, 6) is -0.797. The van der Waals surface area contributed by atoms with E-state index < -0.39 is 5.92 Å². The number of aliphatic imine (C=N–C) groups is 1. The Balaban J connectivity index is 1.81. The number of hydrazone groups is 1. The molecular formula is C18H17N3O3. The summed E-state index contributed by atoms with van der Waals surface area (Å²) in [6, 6.07) is 13.9. The number of aliphatic hydroxyl groups is 1. The summed E-state index contributed by atoms with van der Waals surface area (Å²) in [4.78, 5) is 16.8. The largest absolute Gasteiger partial charge is 0.506 e. The van der Waals surface area contributed by atoms with Gasteiger partial charge in [0.2, 0.25) is 0 Å². The maximum Gasteiger partial charge on any atom is 0.261 e. The molecule has 2 N–H and O–H groups in total. The Morgan fingerprint density at radius 2 is 2.00 bits per heavy atom. The van der Waals surface area contributed by atoms with Crippen molar-refractivity contribution in [2.24, 2.45) is 16.0 Å². The molecule has 0 aliphatic carbocycles. The third-order valence-corrected chi connectivity index (χ3v) is 3.77. The SMILES string of the molecule is CC1=NN(c2ccccc2)C(=O)C1C=Nc1ccc(CO)cc1O. The Labute approximate surface area is 139 Å². The number of rotatable bonds is 4. The van der Waals surface area contributed by atoms with Crippen molar-refractivity contribution in [1.82, 2.24) is 0 Å². The van der Waals surface area contributed by atoms with Crippen LogP contribution in [0.15, 0.2) is 58.6 Å². The second kappa shape index (κ2) is 6.64. The highest BCUT2D eigenvalue weighted by Gasteiger charge is 2.33. The standard InChI is InChI=1S/C18H17N3O3/c1-12-15(10-19-16-8-7-13(11-22)9-17(16)23)18(24)21(20-12)14-5-3-2-4-6-14/h2-10,15,22-23H,11H2,1H3. The second-order valence-corrected chi connectivity index (χ2v) is 5.46. The van der Waals surface area contributed by atoms with Crippen LogP contribution < -0.4 is 5.01 Å². The fourth-order valence-electron chi connectivity index (χ4n) is 2.44. The maximum atomic E-state index is 12.5. The van der Waals surface area contributed by atoms with Gasteiger partial charge in [0.05, 0.1) is 18.0 Å². The number of para-hydroxylation sites is 1. The summed E-state index contributed by atoms with van der Waals surface area (Å²) < 4.78 is 0. The summed E-state index contributed by atoms with van der Waals surface area (Å²) >= 11 is 0. The summed E-state index contributed by atoms with van der Waals surface area (Å²) in [6.45, 7) is 1.61. The number of carbonyl (C=O) groups is 1. The van der Waals surface area contributed by atoms with E-state index in [1.54, 1.807) is 19.1 Å². The molecule has 0 saturated carbocycles. The number of amides is 1. The van der Waals surface area contributed by atoms with Gasteiger partial charge in [0.15, 0.2) is 0 Å². The Kier molecular flexibility index (Phi) is 4.39. The average molecular weight is 323 g/mol. The molecule has 1 unspecified atom stereocenters. The van der Waals surface area contributed by atoms with E-state index in [4.69, 9.17) is 5.11 Å². The van der Waals surface area contributed by atoms with Gasteiger partial charge in [0.25, 0.3) is 5.91 Å². The van der Waals surface area contributed by atoms with Crippen LogP contribution in [0, 0.1) is 5.92 Å². The Morgan fingerprint density at radius 1 is 1.25 bits per heavy atom. The predicted molar refractivity (Wildman–Crippen MR) is 92.7 cm³/mol. The molecule has 122 valence electrons. The first-order chi connectivity index (χ1) is 11.6. The van der Waals surface area contributed by atoms with Gasteiger partial charge in [-0.1, -0.05) is 24.3 Å². The molecule has 0 aromatic heterocycles. The van der Waals surface area contributed by atoms with Crippen molar-refractivity contribution in [2.45, 2.75) is 13.5 Å². The maximum absolute atomic E-state index is 12.5. The smallest absolute Gasteiger partial charge is 0.261 e. The number of phenols is 1. The Hall–Kier alpha value is -2.99. The highest BCUT2D eigenvalue weighted by atomic mass is 16.3. The van der Waals surface area contributed by atoms with Gasteiger partial charge in [0.1, 0.15) is 17.4 Å².